The molecule has 7 heteroatoms. The largest absolute Gasteiger partial charge is 0.494 e. The van der Waals surface area contributed by atoms with E-state index in [-0.39, 0.29) is 18.0 Å². The quantitative estimate of drug-likeness (QED) is 0.302. The molecular weight excluding hydrogens is 475 g/mol. The number of hydrogen-bond acceptors (Lipinski definition) is 4. The van der Waals surface area contributed by atoms with Crippen LogP contribution in [0.15, 0.2) is 76.8 Å². The number of rotatable bonds is 8. The minimum atomic E-state index is -0.548. The standard InChI is InChI=1S/C25H20BrFN2O3/c1-2-31-23-9-7-22(8-10-23)29-25(30)19(15-28)13-18-14-20(26)6-11-24(18)32-16-17-4-3-5-21(27)12-17/h3-14H,2,16H2,1H3,(H,29,30)/b19-13+. The van der Waals surface area contributed by atoms with Crippen molar-refractivity contribution in [1.82, 2.24) is 0 Å². The molecule has 0 aromatic heterocycles. The predicted octanol–water partition coefficient (Wildman–Crippen LogP) is 6.11. The summed E-state index contributed by atoms with van der Waals surface area (Å²) < 4.78 is 25.4. The monoisotopic (exact) mass is 494 g/mol. The first kappa shape index (κ1) is 23.0. The number of carbonyl (C=O) groups is 1. The Morgan fingerprint density at radius 3 is 2.59 bits per heavy atom. The molecule has 0 bridgehead atoms. The molecule has 0 unspecified atom stereocenters. The summed E-state index contributed by atoms with van der Waals surface area (Å²) in [7, 11) is 0. The van der Waals surface area contributed by atoms with Gasteiger partial charge in [0.05, 0.1) is 6.61 Å². The van der Waals surface area contributed by atoms with Crippen LogP contribution in [0, 0.1) is 17.1 Å². The first-order valence-corrected chi connectivity index (χ1v) is 10.6. The zero-order chi connectivity index (χ0) is 22.9. The summed E-state index contributed by atoms with van der Waals surface area (Å²) >= 11 is 3.39. The van der Waals surface area contributed by atoms with Gasteiger partial charge in [-0.05, 0) is 73.2 Å². The number of nitriles is 1. The van der Waals surface area contributed by atoms with Crippen molar-refractivity contribution in [2.24, 2.45) is 0 Å². The highest BCUT2D eigenvalue weighted by Gasteiger charge is 2.12. The molecule has 3 aromatic carbocycles. The van der Waals surface area contributed by atoms with Gasteiger partial charge in [-0.25, -0.2) is 4.39 Å². The number of carbonyl (C=O) groups excluding carboxylic acids is 1. The second-order valence-electron chi connectivity index (χ2n) is 6.68. The van der Waals surface area contributed by atoms with Crippen LogP contribution in [0.3, 0.4) is 0 Å². The molecule has 0 radical (unpaired) electrons. The summed E-state index contributed by atoms with van der Waals surface area (Å²) in [6.07, 6.45) is 1.45. The van der Waals surface area contributed by atoms with E-state index < -0.39 is 5.91 Å². The Labute approximate surface area is 194 Å². The van der Waals surface area contributed by atoms with Gasteiger partial charge >= 0.3 is 0 Å². The third-order valence-electron chi connectivity index (χ3n) is 4.34. The smallest absolute Gasteiger partial charge is 0.266 e. The summed E-state index contributed by atoms with van der Waals surface area (Å²) in [5.74, 6) is 0.252. The number of amides is 1. The lowest BCUT2D eigenvalue weighted by atomic mass is 10.1. The predicted molar refractivity (Wildman–Crippen MR) is 125 cm³/mol. The third kappa shape index (κ3) is 6.43. The Bertz CT molecular complexity index is 1170. The molecule has 0 saturated heterocycles. The Morgan fingerprint density at radius 2 is 1.91 bits per heavy atom. The molecule has 1 amide bonds. The van der Waals surface area contributed by atoms with Crippen molar-refractivity contribution in [1.29, 1.82) is 5.26 Å². The SMILES string of the molecule is CCOc1ccc(NC(=O)/C(C#N)=C/c2cc(Br)ccc2OCc2cccc(F)c2)cc1. The molecule has 0 spiro atoms. The fourth-order valence-electron chi connectivity index (χ4n) is 2.86. The van der Waals surface area contributed by atoms with Crippen molar-refractivity contribution in [3.63, 3.8) is 0 Å². The third-order valence-corrected chi connectivity index (χ3v) is 4.84. The summed E-state index contributed by atoms with van der Waals surface area (Å²) in [6, 6.07) is 20.2. The molecule has 3 aromatic rings. The molecule has 5 nitrogen and oxygen atoms in total. The van der Waals surface area contributed by atoms with Crippen molar-refractivity contribution in [2.75, 3.05) is 11.9 Å². The van der Waals surface area contributed by atoms with Crippen LogP contribution >= 0.6 is 15.9 Å². The van der Waals surface area contributed by atoms with Gasteiger partial charge in [-0.3, -0.25) is 4.79 Å². The number of nitrogens with one attached hydrogen (secondary N) is 1. The Hall–Kier alpha value is -3.63. The van der Waals surface area contributed by atoms with Crippen LogP contribution in [0.2, 0.25) is 0 Å². The fourth-order valence-corrected chi connectivity index (χ4v) is 3.23. The van der Waals surface area contributed by atoms with Crippen molar-refractivity contribution >= 4 is 33.6 Å². The van der Waals surface area contributed by atoms with Gasteiger partial charge in [-0.1, -0.05) is 28.1 Å². The first-order valence-electron chi connectivity index (χ1n) is 9.81. The van der Waals surface area contributed by atoms with Crippen molar-refractivity contribution < 1.29 is 18.7 Å². The normalized spacial score (nSPS) is 10.9. The summed E-state index contributed by atoms with van der Waals surface area (Å²) in [5, 5.41) is 12.3. The van der Waals surface area contributed by atoms with E-state index in [0.717, 1.165) is 4.47 Å². The van der Waals surface area contributed by atoms with Gasteiger partial charge in [0.1, 0.15) is 35.6 Å². The van der Waals surface area contributed by atoms with Crippen LogP contribution in [0.1, 0.15) is 18.1 Å². The maximum atomic E-state index is 13.4. The van der Waals surface area contributed by atoms with Crippen molar-refractivity contribution in [2.45, 2.75) is 13.5 Å². The van der Waals surface area contributed by atoms with E-state index in [9.17, 15) is 14.4 Å². The van der Waals surface area contributed by atoms with E-state index in [4.69, 9.17) is 9.47 Å². The molecule has 1 N–H and O–H groups in total. The second kappa shape index (κ2) is 11.1. The Morgan fingerprint density at radius 1 is 1.12 bits per heavy atom. The highest BCUT2D eigenvalue weighted by atomic mass is 79.9. The van der Waals surface area contributed by atoms with E-state index in [0.29, 0.717) is 34.9 Å². The summed E-state index contributed by atoms with van der Waals surface area (Å²) in [5.41, 5.74) is 1.65. The molecule has 3 rings (SSSR count). The van der Waals surface area contributed by atoms with E-state index in [1.54, 1.807) is 54.6 Å². The lowest BCUT2D eigenvalue weighted by molar-refractivity contribution is -0.112. The number of anilines is 1. The minimum absolute atomic E-state index is 0.0902. The molecule has 0 aliphatic carbocycles. The van der Waals surface area contributed by atoms with Gasteiger partial charge < -0.3 is 14.8 Å². The van der Waals surface area contributed by atoms with Crippen LogP contribution in [0.4, 0.5) is 10.1 Å². The van der Waals surface area contributed by atoms with Gasteiger partial charge in [-0.15, -0.1) is 0 Å². The molecular formula is C25H20BrFN2O3. The van der Waals surface area contributed by atoms with Crippen LogP contribution in [-0.4, -0.2) is 12.5 Å². The topological polar surface area (TPSA) is 71.3 Å². The molecule has 0 saturated carbocycles. The van der Waals surface area contributed by atoms with Crippen LogP contribution in [0.25, 0.3) is 6.08 Å². The second-order valence-corrected chi connectivity index (χ2v) is 7.60. The summed E-state index contributed by atoms with van der Waals surface area (Å²) in [4.78, 5) is 12.6. The lowest BCUT2D eigenvalue weighted by Gasteiger charge is -2.11. The molecule has 0 heterocycles. The maximum Gasteiger partial charge on any atom is 0.266 e. The molecule has 0 aliphatic heterocycles. The number of hydrogen-bond donors (Lipinski definition) is 1. The highest BCUT2D eigenvalue weighted by molar-refractivity contribution is 9.10. The number of nitrogens with zero attached hydrogens (tertiary/aromatic N) is 1. The van der Waals surface area contributed by atoms with Crippen molar-refractivity contribution in [3.8, 4) is 17.6 Å². The van der Waals surface area contributed by atoms with Gasteiger partial charge in [0.15, 0.2) is 0 Å². The first-order chi connectivity index (χ1) is 15.5. The number of halogens is 2. The molecule has 0 aliphatic rings. The zero-order valence-electron chi connectivity index (χ0n) is 17.3. The van der Waals surface area contributed by atoms with Crippen LogP contribution in [-0.2, 0) is 11.4 Å². The average molecular weight is 495 g/mol. The number of benzene rings is 3. The minimum Gasteiger partial charge on any atom is -0.494 e. The zero-order valence-corrected chi connectivity index (χ0v) is 18.9. The van der Waals surface area contributed by atoms with Crippen LogP contribution < -0.4 is 14.8 Å². The van der Waals surface area contributed by atoms with Gasteiger partial charge in [-0.2, -0.15) is 5.26 Å². The van der Waals surface area contributed by atoms with Crippen molar-refractivity contribution in [3.05, 3.63) is 93.7 Å². The van der Waals surface area contributed by atoms with E-state index in [1.165, 1.54) is 18.2 Å². The van der Waals surface area contributed by atoms with Crippen LogP contribution in [0.5, 0.6) is 11.5 Å². The molecule has 162 valence electrons. The van der Waals surface area contributed by atoms with Gasteiger partial charge in [0.2, 0.25) is 0 Å². The summed E-state index contributed by atoms with van der Waals surface area (Å²) in [6.45, 7) is 2.57. The maximum absolute atomic E-state index is 13.4. The lowest BCUT2D eigenvalue weighted by Crippen LogP contribution is -2.13. The Balaban J connectivity index is 1.78. The van der Waals surface area contributed by atoms with E-state index >= 15 is 0 Å². The average Bonchev–Trinajstić information content (AvgIpc) is 2.78. The molecule has 0 atom stereocenters. The molecule has 0 fully saturated rings. The fraction of sp³-hybridized carbons (Fsp3) is 0.120. The molecule has 32 heavy (non-hydrogen) atoms. The Kier molecular flexibility index (Phi) is 8.01. The highest BCUT2D eigenvalue weighted by Crippen LogP contribution is 2.27. The number of ether oxygens (including phenoxy) is 2. The van der Waals surface area contributed by atoms with Gasteiger partial charge in [0.25, 0.3) is 5.91 Å². The van der Waals surface area contributed by atoms with E-state index in [2.05, 4.69) is 21.2 Å². The van der Waals surface area contributed by atoms with Gasteiger partial charge in [0, 0.05) is 15.7 Å². The van der Waals surface area contributed by atoms with E-state index in [1.807, 2.05) is 13.0 Å².